The van der Waals surface area contributed by atoms with E-state index in [9.17, 15) is 14.0 Å². The number of benzene rings is 2. The van der Waals surface area contributed by atoms with E-state index in [-0.39, 0.29) is 17.8 Å². The SMILES string of the molecule is COC(=O)c1ccc([C@H](C)NC(=O)C2(NCc3cccc(F)c3)CCOCC2)cc1. The number of carbonyl (C=O) groups excluding carboxylic acids is 2. The monoisotopic (exact) mass is 414 g/mol. The lowest BCUT2D eigenvalue weighted by atomic mass is 9.88. The molecule has 1 aliphatic heterocycles. The van der Waals surface area contributed by atoms with E-state index in [4.69, 9.17) is 9.47 Å². The predicted molar refractivity (Wildman–Crippen MR) is 110 cm³/mol. The van der Waals surface area contributed by atoms with Crippen molar-refractivity contribution >= 4 is 11.9 Å². The fourth-order valence-corrected chi connectivity index (χ4v) is 3.57. The second-order valence-corrected chi connectivity index (χ2v) is 7.49. The Morgan fingerprint density at radius 1 is 1.17 bits per heavy atom. The van der Waals surface area contributed by atoms with Crippen molar-refractivity contribution < 1.29 is 23.5 Å². The van der Waals surface area contributed by atoms with Crippen molar-refractivity contribution in [2.45, 2.75) is 37.9 Å². The molecule has 1 saturated heterocycles. The lowest BCUT2D eigenvalue weighted by Gasteiger charge is -2.37. The van der Waals surface area contributed by atoms with Gasteiger partial charge in [0.25, 0.3) is 0 Å². The van der Waals surface area contributed by atoms with E-state index < -0.39 is 11.5 Å². The largest absolute Gasteiger partial charge is 0.465 e. The minimum Gasteiger partial charge on any atom is -0.465 e. The van der Waals surface area contributed by atoms with Crippen LogP contribution in [0, 0.1) is 5.82 Å². The second-order valence-electron chi connectivity index (χ2n) is 7.49. The molecule has 2 N–H and O–H groups in total. The minimum atomic E-state index is -0.787. The van der Waals surface area contributed by atoms with Gasteiger partial charge in [-0.25, -0.2) is 9.18 Å². The Morgan fingerprint density at radius 3 is 2.50 bits per heavy atom. The number of hydrogen-bond acceptors (Lipinski definition) is 5. The molecule has 0 aliphatic carbocycles. The molecule has 0 saturated carbocycles. The molecule has 3 rings (SSSR count). The summed E-state index contributed by atoms with van der Waals surface area (Å²) in [6.07, 6.45) is 1.06. The highest BCUT2D eigenvalue weighted by atomic mass is 19.1. The van der Waals surface area contributed by atoms with Crippen molar-refractivity contribution in [1.82, 2.24) is 10.6 Å². The maximum Gasteiger partial charge on any atom is 0.337 e. The summed E-state index contributed by atoms with van der Waals surface area (Å²) < 4.78 is 23.7. The number of hydrogen-bond donors (Lipinski definition) is 2. The number of amides is 1. The van der Waals surface area contributed by atoms with Gasteiger partial charge in [-0.3, -0.25) is 10.1 Å². The highest BCUT2D eigenvalue weighted by molar-refractivity contribution is 5.89. The van der Waals surface area contributed by atoms with Crippen molar-refractivity contribution in [3.05, 3.63) is 71.0 Å². The molecular weight excluding hydrogens is 387 g/mol. The van der Waals surface area contributed by atoms with Crippen molar-refractivity contribution in [3.63, 3.8) is 0 Å². The van der Waals surface area contributed by atoms with Crippen LogP contribution in [0.5, 0.6) is 0 Å². The molecule has 2 aromatic carbocycles. The number of rotatable bonds is 7. The van der Waals surface area contributed by atoms with Crippen LogP contribution < -0.4 is 10.6 Å². The van der Waals surface area contributed by atoms with E-state index in [1.54, 1.807) is 30.3 Å². The normalized spacial score (nSPS) is 16.5. The van der Waals surface area contributed by atoms with E-state index in [2.05, 4.69) is 10.6 Å². The molecule has 30 heavy (non-hydrogen) atoms. The van der Waals surface area contributed by atoms with E-state index >= 15 is 0 Å². The molecule has 1 aliphatic rings. The zero-order valence-corrected chi connectivity index (χ0v) is 17.2. The Labute approximate surface area is 175 Å². The van der Waals surface area contributed by atoms with Crippen LogP contribution in [0.4, 0.5) is 4.39 Å². The van der Waals surface area contributed by atoms with Gasteiger partial charge >= 0.3 is 5.97 Å². The van der Waals surface area contributed by atoms with Gasteiger partial charge < -0.3 is 14.8 Å². The van der Waals surface area contributed by atoms with Crippen LogP contribution in [0.1, 0.15) is 47.3 Å². The molecule has 0 aromatic heterocycles. The van der Waals surface area contributed by atoms with Crippen LogP contribution in [-0.2, 0) is 20.8 Å². The van der Waals surface area contributed by atoms with Gasteiger partial charge in [0.1, 0.15) is 11.4 Å². The standard InChI is InChI=1S/C23H27FN2O4/c1-16(18-6-8-19(9-7-18)21(27)29-2)26-22(28)23(10-12-30-13-11-23)25-15-17-4-3-5-20(24)14-17/h3-9,14,16,25H,10-13,15H2,1-2H3,(H,26,28)/t16-/m0/s1. The van der Waals surface area contributed by atoms with Crippen LogP contribution in [0.15, 0.2) is 48.5 Å². The lowest BCUT2D eigenvalue weighted by molar-refractivity contribution is -0.132. The van der Waals surface area contributed by atoms with Gasteiger partial charge in [-0.15, -0.1) is 0 Å². The molecule has 0 bridgehead atoms. The third kappa shape index (κ3) is 5.23. The second kappa shape index (κ2) is 9.82. The summed E-state index contributed by atoms with van der Waals surface area (Å²) in [6.45, 7) is 3.23. The number of halogens is 1. The minimum absolute atomic E-state index is 0.119. The molecule has 7 heteroatoms. The average Bonchev–Trinajstić information content (AvgIpc) is 2.78. The van der Waals surface area contributed by atoms with Gasteiger partial charge in [-0.1, -0.05) is 24.3 Å². The van der Waals surface area contributed by atoms with Gasteiger partial charge in [-0.2, -0.15) is 0 Å². The molecule has 0 unspecified atom stereocenters. The van der Waals surface area contributed by atoms with Gasteiger partial charge in [0, 0.05) is 19.8 Å². The quantitative estimate of drug-likeness (QED) is 0.681. The fourth-order valence-electron chi connectivity index (χ4n) is 3.57. The van der Waals surface area contributed by atoms with Crippen LogP contribution in [-0.4, -0.2) is 37.7 Å². The fraction of sp³-hybridized carbons (Fsp3) is 0.391. The molecule has 2 aromatic rings. The smallest absolute Gasteiger partial charge is 0.337 e. The van der Waals surface area contributed by atoms with Crippen molar-refractivity contribution in [2.75, 3.05) is 20.3 Å². The van der Waals surface area contributed by atoms with Crippen molar-refractivity contribution in [1.29, 1.82) is 0 Å². The molecule has 0 spiro atoms. The van der Waals surface area contributed by atoms with Crippen LogP contribution in [0.3, 0.4) is 0 Å². The Bertz CT molecular complexity index is 879. The average molecular weight is 414 g/mol. The van der Waals surface area contributed by atoms with Crippen LogP contribution >= 0.6 is 0 Å². The van der Waals surface area contributed by atoms with Gasteiger partial charge in [-0.05, 0) is 55.2 Å². The first-order chi connectivity index (χ1) is 14.4. The molecule has 1 amide bonds. The maximum atomic E-state index is 13.5. The molecule has 1 atom stereocenters. The van der Waals surface area contributed by atoms with Gasteiger partial charge in [0.05, 0.1) is 18.7 Å². The van der Waals surface area contributed by atoms with E-state index in [0.717, 1.165) is 11.1 Å². The van der Waals surface area contributed by atoms with Gasteiger partial charge in [0.2, 0.25) is 5.91 Å². The van der Waals surface area contributed by atoms with Crippen LogP contribution in [0.25, 0.3) is 0 Å². The zero-order chi connectivity index (χ0) is 21.6. The van der Waals surface area contributed by atoms with E-state index in [1.165, 1.54) is 19.2 Å². The summed E-state index contributed by atoms with van der Waals surface area (Å²) in [6, 6.07) is 13.0. The molecule has 160 valence electrons. The topological polar surface area (TPSA) is 76.7 Å². The van der Waals surface area contributed by atoms with Crippen molar-refractivity contribution in [2.24, 2.45) is 0 Å². The summed E-state index contributed by atoms with van der Waals surface area (Å²) in [4.78, 5) is 24.8. The third-order valence-corrected chi connectivity index (χ3v) is 5.48. The first-order valence-corrected chi connectivity index (χ1v) is 10.00. The number of carbonyl (C=O) groups is 2. The number of esters is 1. The number of ether oxygens (including phenoxy) is 2. The first-order valence-electron chi connectivity index (χ1n) is 10.00. The Hall–Kier alpha value is -2.77. The van der Waals surface area contributed by atoms with E-state index in [1.807, 2.05) is 13.0 Å². The zero-order valence-electron chi connectivity index (χ0n) is 17.2. The Balaban J connectivity index is 1.69. The highest BCUT2D eigenvalue weighted by Gasteiger charge is 2.40. The molecule has 1 heterocycles. The summed E-state index contributed by atoms with van der Waals surface area (Å²) in [5.41, 5.74) is 1.33. The summed E-state index contributed by atoms with van der Waals surface area (Å²) >= 11 is 0. The molecule has 6 nitrogen and oxygen atoms in total. The third-order valence-electron chi connectivity index (χ3n) is 5.48. The first kappa shape index (κ1) is 21.9. The molecule has 1 fully saturated rings. The predicted octanol–water partition coefficient (Wildman–Crippen LogP) is 3.13. The number of methoxy groups -OCH3 is 1. The molecular formula is C23H27FN2O4. The van der Waals surface area contributed by atoms with E-state index in [0.29, 0.717) is 38.2 Å². The summed E-state index contributed by atoms with van der Waals surface area (Å²) in [7, 11) is 1.34. The Morgan fingerprint density at radius 2 is 1.87 bits per heavy atom. The summed E-state index contributed by atoms with van der Waals surface area (Å²) in [5, 5.41) is 6.42. The highest BCUT2D eigenvalue weighted by Crippen LogP contribution is 2.24. The maximum absolute atomic E-state index is 13.5. The van der Waals surface area contributed by atoms with Gasteiger partial charge in [0.15, 0.2) is 0 Å². The van der Waals surface area contributed by atoms with Crippen LogP contribution in [0.2, 0.25) is 0 Å². The Kier molecular flexibility index (Phi) is 7.18. The summed E-state index contributed by atoms with van der Waals surface area (Å²) in [5.74, 6) is -0.823. The number of nitrogens with one attached hydrogen (secondary N) is 2. The lowest BCUT2D eigenvalue weighted by Crippen LogP contribution is -2.59. The van der Waals surface area contributed by atoms with Crippen molar-refractivity contribution in [3.8, 4) is 0 Å². The molecule has 0 radical (unpaired) electrons.